The molecular formula is C21H26N2O3S. The van der Waals surface area contributed by atoms with Gasteiger partial charge in [-0.3, -0.25) is 9.59 Å². The zero-order valence-corrected chi connectivity index (χ0v) is 16.8. The number of thioether (sulfide) groups is 1. The van der Waals surface area contributed by atoms with Crippen LogP contribution in [0.2, 0.25) is 0 Å². The molecule has 0 fully saturated rings. The third kappa shape index (κ3) is 7.35. The summed E-state index contributed by atoms with van der Waals surface area (Å²) >= 11 is 1.47. The third-order valence-electron chi connectivity index (χ3n) is 3.86. The van der Waals surface area contributed by atoms with Crippen LogP contribution in [0.5, 0.6) is 5.75 Å². The standard InChI is InChI=1S/C21H26N2O3S/c1-15-11-16(2)21(17(3)12-15)23-19(24)13-22-20(25)14-27-10-9-26-18-7-5-4-6-8-18/h4-8,11-12H,9-10,13-14H2,1-3H3,(H,22,25)(H,23,24). The molecule has 2 amide bonds. The summed E-state index contributed by atoms with van der Waals surface area (Å²) in [4.78, 5) is 23.9. The van der Waals surface area contributed by atoms with Crippen molar-refractivity contribution < 1.29 is 14.3 Å². The monoisotopic (exact) mass is 386 g/mol. The highest BCUT2D eigenvalue weighted by Crippen LogP contribution is 2.21. The molecule has 5 nitrogen and oxygen atoms in total. The Morgan fingerprint density at radius 2 is 1.67 bits per heavy atom. The normalized spacial score (nSPS) is 10.3. The molecule has 144 valence electrons. The Labute approximate surface area is 164 Å². The van der Waals surface area contributed by atoms with Gasteiger partial charge in [0, 0.05) is 11.4 Å². The van der Waals surface area contributed by atoms with Crippen molar-refractivity contribution in [1.29, 1.82) is 0 Å². The number of benzene rings is 2. The number of anilines is 1. The van der Waals surface area contributed by atoms with Crippen LogP contribution in [0.15, 0.2) is 42.5 Å². The van der Waals surface area contributed by atoms with E-state index in [-0.39, 0.29) is 18.4 Å². The maximum Gasteiger partial charge on any atom is 0.243 e. The first-order chi connectivity index (χ1) is 13.0. The van der Waals surface area contributed by atoms with Crippen molar-refractivity contribution in [2.24, 2.45) is 0 Å². The first-order valence-corrected chi connectivity index (χ1v) is 10.0. The van der Waals surface area contributed by atoms with Gasteiger partial charge in [0.15, 0.2) is 0 Å². The minimum atomic E-state index is -0.226. The Kier molecular flexibility index (Phi) is 8.20. The second-order valence-electron chi connectivity index (χ2n) is 6.31. The van der Waals surface area contributed by atoms with Crippen LogP contribution in [0.1, 0.15) is 16.7 Å². The van der Waals surface area contributed by atoms with Gasteiger partial charge >= 0.3 is 0 Å². The van der Waals surface area contributed by atoms with E-state index in [0.717, 1.165) is 28.1 Å². The number of para-hydroxylation sites is 1. The van der Waals surface area contributed by atoms with Crippen molar-refractivity contribution in [3.8, 4) is 5.75 Å². The highest BCUT2D eigenvalue weighted by molar-refractivity contribution is 7.99. The molecule has 27 heavy (non-hydrogen) atoms. The molecule has 2 aromatic rings. The van der Waals surface area contributed by atoms with Gasteiger partial charge in [0.05, 0.1) is 18.9 Å². The van der Waals surface area contributed by atoms with E-state index in [1.165, 1.54) is 11.8 Å². The van der Waals surface area contributed by atoms with Crippen molar-refractivity contribution in [2.75, 3.05) is 30.0 Å². The topological polar surface area (TPSA) is 67.4 Å². The van der Waals surface area contributed by atoms with E-state index in [1.54, 1.807) is 0 Å². The number of ether oxygens (including phenoxy) is 1. The Bertz CT molecular complexity index is 755. The van der Waals surface area contributed by atoms with Gasteiger partial charge in [-0.05, 0) is 44.0 Å². The molecule has 2 N–H and O–H groups in total. The number of hydrogen-bond acceptors (Lipinski definition) is 4. The molecule has 2 rings (SSSR count). The molecule has 0 radical (unpaired) electrons. The molecule has 0 aromatic heterocycles. The zero-order chi connectivity index (χ0) is 19.6. The van der Waals surface area contributed by atoms with Gasteiger partial charge in [-0.2, -0.15) is 0 Å². The van der Waals surface area contributed by atoms with Gasteiger partial charge in [-0.1, -0.05) is 35.9 Å². The summed E-state index contributed by atoms with van der Waals surface area (Å²) < 4.78 is 5.57. The van der Waals surface area contributed by atoms with E-state index >= 15 is 0 Å². The van der Waals surface area contributed by atoms with Crippen molar-refractivity contribution in [3.63, 3.8) is 0 Å². The number of aryl methyl sites for hydroxylation is 3. The summed E-state index contributed by atoms with van der Waals surface area (Å²) in [6, 6.07) is 13.6. The van der Waals surface area contributed by atoms with E-state index in [9.17, 15) is 9.59 Å². The van der Waals surface area contributed by atoms with Gasteiger partial charge in [0.2, 0.25) is 11.8 Å². The predicted molar refractivity (Wildman–Crippen MR) is 112 cm³/mol. The molecule has 0 aliphatic carbocycles. The fourth-order valence-electron chi connectivity index (χ4n) is 2.69. The molecular weight excluding hydrogens is 360 g/mol. The maximum absolute atomic E-state index is 12.1. The lowest BCUT2D eigenvalue weighted by molar-refractivity contribution is -0.122. The van der Waals surface area contributed by atoms with Crippen molar-refractivity contribution >= 4 is 29.3 Å². The highest BCUT2D eigenvalue weighted by atomic mass is 32.2. The molecule has 0 atom stereocenters. The van der Waals surface area contributed by atoms with E-state index in [2.05, 4.69) is 10.6 Å². The Morgan fingerprint density at radius 3 is 2.33 bits per heavy atom. The number of nitrogens with one attached hydrogen (secondary N) is 2. The molecule has 0 spiro atoms. The number of rotatable bonds is 9. The van der Waals surface area contributed by atoms with Gasteiger partial charge < -0.3 is 15.4 Å². The van der Waals surface area contributed by atoms with Gasteiger partial charge in [-0.15, -0.1) is 11.8 Å². The van der Waals surface area contributed by atoms with Crippen LogP contribution in [0.4, 0.5) is 5.69 Å². The molecule has 0 saturated heterocycles. The minimum Gasteiger partial charge on any atom is -0.493 e. The van der Waals surface area contributed by atoms with Gasteiger partial charge in [-0.25, -0.2) is 0 Å². The zero-order valence-electron chi connectivity index (χ0n) is 16.0. The molecule has 0 saturated carbocycles. The summed E-state index contributed by atoms with van der Waals surface area (Å²) in [6.07, 6.45) is 0. The fourth-order valence-corrected chi connectivity index (χ4v) is 3.32. The lowest BCUT2D eigenvalue weighted by atomic mass is 10.1. The highest BCUT2D eigenvalue weighted by Gasteiger charge is 2.10. The fraction of sp³-hybridized carbons (Fsp3) is 0.333. The lowest BCUT2D eigenvalue weighted by Gasteiger charge is -2.13. The van der Waals surface area contributed by atoms with E-state index < -0.39 is 0 Å². The van der Waals surface area contributed by atoms with E-state index in [1.807, 2.05) is 63.2 Å². The predicted octanol–water partition coefficient (Wildman–Crippen LogP) is 3.48. The summed E-state index contributed by atoms with van der Waals surface area (Å²) in [5.74, 6) is 1.44. The van der Waals surface area contributed by atoms with Crippen LogP contribution in [0, 0.1) is 20.8 Å². The van der Waals surface area contributed by atoms with Gasteiger partial charge in [0.25, 0.3) is 0 Å². The van der Waals surface area contributed by atoms with Crippen LogP contribution in [-0.4, -0.2) is 36.5 Å². The Balaban J connectivity index is 1.63. The minimum absolute atomic E-state index is 0.0351. The number of carbonyl (C=O) groups excluding carboxylic acids is 2. The van der Waals surface area contributed by atoms with Crippen LogP contribution in [0.3, 0.4) is 0 Å². The molecule has 0 aliphatic rings. The molecule has 0 bridgehead atoms. The largest absolute Gasteiger partial charge is 0.493 e. The molecule has 2 aromatic carbocycles. The second-order valence-corrected chi connectivity index (χ2v) is 7.42. The second kappa shape index (κ2) is 10.6. The molecule has 0 heterocycles. The lowest BCUT2D eigenvalue weighted by Crippen LogP contribution is -2.34. The van der Waals surface area contributed by atoms with Crippen LogP contribution in [-0.2, 0) is 9.59 Å². The SMILES string of the molecule is Cc1cc(C)c(NC(=O)CNC(=O)CSCCOc2ccccc2)c(C)c1. The summed E-state index contributed by atoms with van der Waals surface area (Å²) in [5, 5.41) is 5.52. The average molecular weight is 387 g/mol. The summed E-state index contributed by atoms with van der Waals surface area (Å²) in [5.41, 5.74) is 4.00. The molecule has 0 aliphatic heterocycles. The van der Waals surface area contributed by atoms with E-state index in [0.29, 0.717) is 18.1 Å². The van der Waals surface area contributed by atoms with Crippen LogP contribution in [0.25, 0.3) is 0 Å². The average Bonchev–Trinajstić information content (AvgIpc) is 2.63. The first-order valence-electron chi connectivity index (χ1n) is 8.85. The molecule has 6 heteroatoms. The maximum atomic E-state index is 12.1. The smallest absolute Gasteiger partial charge is 0.243 e. The van der Waals surface area contributed by atoms with E-state index in [4.69, 9.17) is 4.74 Å². The quantitative estimate of drug-likeness (QED) is 0.648. The van der Waals surface area contributed by atoms with Crippen LogP contribution >= 0.6 is 11.8 Å². The van der Waals surface area contributed by atoms with Crippen LogP contribution < -0.4 is 15.4 Å². The molecule has 0 unspecified atom stereocenters. The van der Waals surface area contributed by atoms with Crippen molar-refractivity contribution in [3.05, 3.63) is 59.2 Å². The summed E-state index contributed by atoms with van der Waals surface area (Å²) in [6.45, 7) is 6.44. The number of amides is 2. The third-order valence-corrected chi connectivity index (χ3v) is 4.78. The van der Waals surface area contributed by atoms with Gasteiger partial charge in [0.1, 0.15) is 5.75 Å². The number of carbonyl (C=O) groups is 2. The summed E-state index contributed by atoms with van der Waals surface area (Å²) in [7, 11) is 0. The Hall–Kier alpha value is -2.47. The Morgan fingerprint density at radius 1 is 1.00 bits per heavy atom. The van der Waals surface area contributed by atoms with Crippen molar-refractivity contribution in [2.45, 2.75) is 20.8 Å². The van der Waals surface area contributed by atoms with Crippen molar-refractivity contribution in [1.82, 2.24) is 5.32 Å². The first kappa shape index (κ1) is 20.8. The number of hydrogen-bond donors (Lipinski definition) is 2.